The van der Waals surface area contributed by atoms with Gasteiger partial charge in [-0.1, -0.05) is 36.4 Å². The van der Waals surface area contributed by atoms with Gasteiger partial charge < -0.3 is 20.5 Å². The van der Waals surface area contributed by atoms with Crippen LogP contribution < -0.4 is 5.73 Å². The number of nitrogens with two attached hydrogens (primary N) is 1. The fourth-order valence-electron chi connectivity index (χ4n) is 6.64. The average molecular weight is 421 g/mol. The van der Waals surface area contributed by atoms with E-state index >= 15 is 0 Å². The summed E-state index contributed by atoms with van der Waals surface area (Å²) in [6.07, 6.45) is 3.74. The molecule has 0 aromatic heterocycles. The third kappa shape index (κ3) is 3.39. The molecule has 1 saturated carbocycles. The minimum atomic E-state index is -0.400. The van der Waals surface area contributed by atoms with Crippen molar-refractivity contribution in [1.82, 2.24) is 4.90 Å². The molecule has 5 rings (SSSR count). The maximum Gasteiger partial charge on any atom is 0.248 e. The zero-order valence-corrected chi connectivity index (χ0v) is 18.2. The molecule has 2 aliphatic carbocycles. The molecule has 2 fully saturated rings. The van der Waals surface area contributed by atoms with Crippen molar-refractivity contribution in [3.05, 3.63) is 70.8 Å². The summed E-state index contributed by atoms with van der Waals surface area (Å²) in [6, 6.07) is 16.3. The van der Waals surface area contributed by atoms with Crippen LogP contribution in [0.2, 0.25) is 0 Å². The first-order chi connectivity index (χ1) is 15.0. The van der Waals surface area contributed by atoms with Crippen LogP contribution in [-0.2, 0) is 16.8 Å². The van der Waals surface area contributed by atoms with Gasteiger partial charge >= 0.3 is 0 Å². The molecule has 3 aliphatic rings. The lowest BCUT2D eigenvalue weighted by Crippen LogP contribution is -2.54. The number of likely N-dealkylation sites (tertiary alicyclic amines) is 1. The number of aliphatic hydroxyl groups excluding tert-OH is 1. The van der Waals surface area contributed by atoms with Crippen molar-refractivity contribution in [3.8, 4) is 0 Å². The second-order valence-electron chi connectivity index (χ2n) is 9.54. The van der Waals surface area contributed by atoms with E-state index in [1.54, 1.807) is 13.2 Å². The number of nitrogens with zero attached hydrogens (tertiary/aromatic N) is 1. The van der Waals surface area contributed by atoms with Crippen LogP contribution in [-0.4, -0.2) is 48.8 Å². The Bertz CT molecular complexity index is 961. The molecule has 4 unspecified atom stereocenters. The summed E-state index contributed by atoms with van der Waals surface area (Å²) < 4.78 is 6.27. The Balaban J connectivity index is 1.40. The van der Waals surface area contributed by atoms with Gasteiger partial charge in [0.2, 0.25) is 5.91 Å². The van der Waals surface area contributed by atoms with E-state index in [-0.39, 0.29) is 17.6 Å². The van der Waals surface area contributed by atoms with E-state index in [0.717, 1.165) is 50.9 Å². The van der Waals surface area contributed by atoms with Gasteiger partial charge in [-0.15, -0.1) is 0 Å². The van der Waals surface area contributed by atoms with Gasteiger partial charge in [-0.25, -0.2) is 0 Å². The number of benzene rings is 2. The largest absolute Gasteiger partial charge is 0.392 e. The maximum absolute atomic E-state index is 11.8. The molecule has 5 nitrogen and oxygen atoms in total. The summed E-state index contributed by atoms with van der Waals surface area (Å²) in [7, 11) is 1.80. The number of ether oxygens (including phenoxy) is 1. The van der Waals surface area contributed by atoms with Crippen molar-refractivity contribution in [2.24, 2.45) is 17.6 Å². The number of hydrogen-bond donors (Lipinski definition) is 2. The van der Waals surface area contributed by atoms with Gasteiger partial charge in [-0.3, -0.25) is 4.79 Å². The third-order valence-electron chi connectivity index (χ3n) is 8.05. The molecule has 0 spiro atoms. The third-order valence-corrected chi connectivity index (χ3v) is 8.05. The molecular weight excluding hydrogens is 388 g/mol. The second kappa shape index (κ2) is 8.05. The minimum absolute atomic E-state index is 0.164. The van der Waals surface area contributed by atoms with Crippen LogP contribution in [0.3, 0.4) is 0 Å². The first-order valence-electron chi connectivity index (χ1n) is 11.5. The van der Waals surface area contributed by atoms with E-state index in [4.69, 9.17) is 10.5 Å². The number of hydrogen-bond acceptors (Lipinski definition) is 4. The van der Waals surface area contributed by atoms with Crippen LogP contribution in [0.15, 0.2) is 48.5 Å². The van der Waals surface area contributed by atoms with E-state index < -0.39 is 5.91 Å². The van der Waals surface area contributed by atoms with Gasteiger partial charge in [-0.2, -0.15) is 0 Å². The standard InChI is InChI=1S/C26H32N2O3/c1-31-26(19-7-4-6-18(13-19)25(27)30)20-10-11-21(26)15-28(14-20)16-23-22-8-3-2-5-17(22)9-12-24(23)29/h2-8,13,20-21,23-24,29H,9-12,14-16H2,1H3,(H2,27,30). The summed E-state index contributed by atoms with van der Waals surface area (Å²) in [6.45, 7) is 2.76. The fourth-order valence-corrected chi connectivity index (χ4v) is 6.64. The predicted molar refractivity (Wildman–Crippen MR) is 120 cm³/mol. The van der Waals surface area contributed by atoms with Crippen LogP contribution in [0, 0.1) is 11.8 Å². The highest BCUT2D eigenvalue weighted by Crippen LogP contribution is 2.54. The molecule has 5 heteroatoms. The molecule has 2 aromatic rings. The topological polar surface area (TPSA) is 75.8 Å². The molecule has 4 atom stereocenters. The Kier molecular flexibility index (Phi) is 5.37. The summed E-state index contributed by atoms with van der Waals surface area (Å²) in [5, 5.41) is 10.8. The molecule has 0 radical (unpaired) electrons. The Labute approximate surface area is 184 Å². The number of aliphatic hydroxyl groups is 1. The Morgan fingerprint density at radius 1 is 1.13 bits per heavy atom. The van der Waals surface area contributed by atoms with Gasteiger partial charge in [0.25, 0.3) is 0 Å². The molecule has 2 bridgehead atoms. The average Bonchev–Trinajstić information content (AvgIpc) is 2.98. The first-order valence-corrected chi connectivity index (χ1v) is 11.5. The molecule has 1 aliphatic heterocycles. The highest BCUT2D eigenvalue weighted by molar-refractivity contribution is 5.92. The van der Waals surface area contributed by atoms with Crippen LogP contribution in [0.25, 0.3) is 0 Å². The number of fused-ring (bicyclic) bond motifs is 3. The van der Waals surface area contributed by atoms with Gasteiger partial charge in [0.15, 0.2) is 0 Å². The number of rotatable bonds is 5. The minimum Gasteiger partial charge on any atom is -0.392 e. The smallest absolute Gasteiger partial charge is 0.248 e. The molecular formula is C26H32N2O3. The molecule has 3 N–H and O–H groups in total. The van der Waals surface area contributed by atoms with Crippen LogP contribution in [0.4, 0.5) is 0 Å². The van der Waals surface area contributed by atoms with E-state index in [9.17, 15) is 9.90 Å². The van der Waals surface area contributed by atoms with E-state index in [1.165, 1.54) is 11.1 Å². The van der Waals surface area contributed by atoms with Gasteiger partial charge in [0, 0.05) is 50.1 Å². The lowest BCUT2D eigenvalue weighted by Gasteiger charge is -2.48. The number of carbonyl (C=O) groups is 1. The van der Waals surface area contributed by atoms with E-state index in [0.29, 0.717) is 17.4 Å². The zero-order chi connectivity index (χ0) is 21.6. The lowest BCUT2D eigenvalue weighted by atomic mass is 9.73. The maximum atomic E-state index is 11.8. The fraction of sp³-hybridized carbons (Fsp3) is 0.500. The SMILES string of the molecule is COC1(c2cccc(C(N)=O)c2)C2CCC1CN(CC1c3ccccc3CCC1O)C2. The van der Waals surface area contributed by atoms with Crippen LogP contribution >= 0.6 is 0 Å². The molecule has 1 saturated heterocycles. The Morgan fingerprint density at radius 2 is 1.87 bits per heavy atom. The number of piperidine rings is 1. The first kappa shape index (κ1) is 20.7. The molecule has 2 aromatic carbocycles. The molecule has 31 heavy (non-hydrogen) atoms. The van der Waals surface area contributed by atoms with Crippen molar-refractivity contribution in [2.75, 3.05) is 26.7 Å². The van der Waals surface area contributed by atoms with Crippen molar-refractivity contribution in [2.45, 2.75) is 43.3 Å². The number of primary amides is 1. The van der Waals surface area contributed by atoms with Crippen LogP contribution in [0.1, 0.15) is 52.2 Å². The van der Waals surface area contributed by atoms with E-state index in [1.807, 2.05) is 12.1 Å². The molecule has 1 amide bonds. The molecule has 164 valence electrons. The van der Waals surface area contributed by atoms with Crippen molar-refractivity contribution < 1.29 is 14.6 Å². The van der Waals surface area contributed by atoms with Gasteiger partial charge in [0.1, 0.15) is 5.60 Å². The van der Waals surface area contributed by atoms with E-state index in [2.05, 4.69) is 35.2 Å². The second-order valence-corrected chi connectivity index (χ2v) is 9.54. The van der Waals surface area contributed by atoms with Crippen molar-refractivity contribution in [1.29, 1.82) is 0 Å². The number of carbonyl (C=O) groups excluding carboxylic acids is 1. The summed E-state index contributed by atoms with van der Waals surface area (Å²) in [5.41, 5.74) is 9.48. The van der Waals surface area contributed by atoms with Crippen molar-refractivity contribution >= 4 is 5.91 Å². The van der Waals surface area contributed by atoms with Gasteiger partial charge in [0.05, 0.1) is 6.10 Å². The quantitative estimate of drug-likeness (QED) is 0.780. The number of aryl methyl sites for hydroxylation is 1. The highest BCUT2D eigenvalue weighted by Gasteiger charge is 2.55. The van der Waals surface area contributed by atoms with Crippen LogP contribution in [0.5, 0.6) is 0 Å². The van der Waals surface area contributed by atoms with Gasteiger partial charge in [-0.05, 0) is 54.5 Å². The normalized spacial score (nSPS) is 32.6. The zero-order valence-electron chi connectivity index (χ0n) is 18.2. The Morgan fingerprint density at radius 3 is 2.58 bits per heavy atom. The monoisotopic (exact) mass is 420 g/mol. The summed E-state index contributed by atoms with van der Waals surface area (Å²) >= 11 is 0. The summed E-state index contributed by atoms with van der Waals surface area (Å²) in [5.74, 6) is 0.478. The lowest BCUT2D eigenvalue weighted by molar-refractivity contribution is -0.120. The number of methoxy groups -OCH3 is 1. The summed E-state index contributed by atoms with van der Waals surface area (Å²) in [4.78, 5) is 14.3. The van der Waals surface area contributed by atoms with Crippen molar-refractivity contribution in [3.63, 3.8) is 0 Å². The predicted octanol–water partition coefficient (Wildman–Crippen LogP) is 3.06. The Hall–Kier alpha value is -2.21. The highest BCUT2D eigenvalue weighted by atomic mass is 16.5. The number of amides is 1. The molecule has 1 heterocycles.